The third-order valence-corrected chi connectivity index (χ3v) is 6.70. The van der Waals surface area contributed by atoms with Crippen LogP contribution in [0.25, 0.3) is 0 Å². The van der Waals surface area contributed by atoms with Crippen LogP contribution in [0.2, 0.25) is 0 Å². The number of rotatable bonds is 5. The smallest absolute Gasteiger partial charge is 0.243 e. The zero-order valence-electron chi connectivity index (χ0n) is 14.4. The van der Waals surface area contributed by atoms with Crippen molar-refractivity contribution in [1.29, 1.82) is 0 Å². The SMILES string of the molecule is Cc1ccc(S(=O)(=O)N2C(CC(N)=O)CCC2c2ccc(F)cc2)cc1. The molecule has 2 aromatic rings. The van der Waals surface area contributed by atoms with Crippen molar-refractivity contribution in [3.8, 4) is 0 Å². The first kappa shape index (κ1) is 18.5. The van der Waals surface area contributed by atoms with Crippen molar-refractivity contribution in [1.82, 2.24) is 4.31 Å². The van der Waals surface area contributed by atoms with Crippen molar-refractivity contribution < 1.29 is 17.6 Å². The minimum Gasteiger partial charge on any atom is -0.370 e. The summed E-state index contributed by atoms with van der Waals surface area (Å²) in [4.78, 5) is 11.6. The summed E-state index contributed by atoms with van der Waals surface area (Å²) in [5.41, 5.74) is 6.99. The van der Waals surface area contributed by atoms with Gasteiger partial charge in [-0.25, -0.2) is 12.8 Å². The molecule has 1 saturated heterocycles. The molecular weight excluding hydrogens is 355 g/mol. The molecule has 5 nitrogen and oxygen atoms in total. The first-order valence-corrected chi connectivity index (χ1v) is 9.87. The van der Waals surface area contributed by atoms with Gasteiger partial charge >= 0.3 is 0 Å². The van der Waals surface area contributed by atoms with E-state index >= 15 is 0 Å². The van der Waals surface area contributed by atoms with Crippen LogP contribution in [0.1, 0.15) is 36.4 Å². The second kappa shape index (κ2) is 7.17. The van der Waals surface area contributed by atoms with E-state index in [1.54, 1.807) is 36.4 Å². The van der Waals surface area contributed by atoms with Crippen molar-refractivity contribution in [2.24, 2.45) is 5.73 Å². The molecule has 2 atom stereocenters. The summed E-state index contributed by atoms with van der Waals surface area (Å²) in [6, 6.07) is 11.4. The molecule has 1 fully saturated rings. The highest BCUT2D eigenvalue weighted by Crippen LogP contribution is 2.41. The van der Waals surface area contributed by atoms with Gasteiger partial charge in [0, 0.05) is 12.5 Å². The highest BCUT2D eigenvalue weighted by molar-refractivity contribution is 7.89. The number of benzene rings is 2. The maximum absolute atomic E-state index is 13.3. The van der Waals surface area contributed by atoms with Gasteiger partial charge in [0.05, 0.1) is 10.9 Å². The molecule has 1 aliphatic rings. The molecule has 0 spiro atoms. The minimum atomic E-state index is -3.83. The van der Waals surface area contributed by atoms with Crippen LogP contribution in [0.5, 0.6) is 0 Å². The second-order valence-corrected chi connectivity index (χ2v) is 8.46. The van der Waals surface area contributed by atoms with E-state index in [0.717, 1.165) is 5.56 Å². The molecule has 0 aromatic heterocycles. The third kappa shape index (κ3) is 3.64. The van der Waals surface area contributed by atoms with Gasteiger partial charge in [0.1, 0.15) is 5.82 Å². The number of hydrogen-bond acceptors (Lipinski definition) is 3. The molecule has 0 aliphatic carbocycles. The summed E-state index contributed by atoms with van der Waals surface area (Å²) >= 11 is 0. The van der Waals surface area contributed by atoms with Crippen molar-refractivity contribution >= 4 is 15.9 Å². The summed E-state index contributed by atoms with van der Waals surface area (Å²) < 4.78 is 41.2. The Hall–Kier alpha value is -2.25. The molecule has 1 aliphatic heterocycles. The van der Waals surface area contributed by atoms with E-state index in [4.69, 9.17) is 5.73 Å². The van der Waals surface area contributed by atoms with Crippen molar-refractivity contribution in [3.63, 3.8) is 0 Å². The predicted molar refractivity (Wildman–Crippen MR) is 96.2 cm³/mol. The Kier molecular flexibility index (Phi) is 5.11. The van der Waals surface area contributed by atoms with Crippen molar-refractivity contribution in [2.45, 2.75) is 43.2 Å². The van der Waals surface area contributed by atoms with Gasteiger partial charge in [-0.2, -0.15) is 4.31 Å². The summed E-state index contributed by atoms with van der Waals surface area (Å²) in [5, 5.41) is 0. The molecule has 2 N–H and O–H groups in total. The molecule has 138 valence electrons. The average Bonchev–Trinajstić information content (AvgIpc) is 2.99. The maximum atomic E-state index is 13.3. The fourth-order valence-electron chi connectivity index (χ4n) is 3.48. The third-order valence-electron chi connectivity index (χ3n) is 4.73. The van der Waals surface area contributed by atoms with Crippen LogP contribution in [0.3, 0.4) is 0 Å². The Morgan fingerprint density at radius 1 is 1.12 bits per heavy atom. The first-order valence-electron chi connectivity index (χ1n) is 8.43. The topological polar surface area (TPSA) is 80.5 Å². The Morgan fingerprint density at radius 2 is 1.73 bits per heavy atom. The van der Waals surface area contributed by atoms with Crippen LogP contribution in [0.4, 0.5) is 4.39 Å². The molecule has 0 saturated carbocycles. The number of hydrogen-bond donors (Lipinski definition) is 1. The van der Waals surface area contributed by atoms with Crippen LogP contribution in [-0.4, -0.2) is 24.7 Å². The number of nitrogens with two attached hydrogens (primary N) is 1. The van der Waals surface area contributed by atoms with Gasteiger partial charge in [0.2, 0.25) is 15.9 Å². The fourth-order valence-corrected chi connectivity index (χ4v) is 5.34. The van der Waals surface area contributed by atoms with E-state index in [0.29, 0.717) is 18.4 Å². The number of carbonyl (C=O) groups excluding carboxylic acids is 1. The largest absolute Gasteiger partial charge is 0.370 e. The number of aryl methyl sites for hydroxylation is 1. The molecule has 0 bridgehead atoms. The lowest BCUT2D eigenvalue weighted by molar-refractivity contribution is -0.118. The quantitative estimate of drug-likeness (QED) is 0.871. The van der Waals surface area contributed by atoms with E-state index in [1.165, 1.54) is 16.4 Å². The summed E-state index contributed by atoms with van der Waals surface area (Å²) in [6.07, 6.45) is 1.04. The molecule has 1 amide bonds. The van der Waals surface area contributed by atoms with E-state index < -0.39 is 28.0 Å². The van der Waals surface area contributed by atoms with E-state index in [-0.39, 0.29) is 17.1 Å². The Bertz CT molecular complexity index is 895. The van der Waals surface area contributed by atoms with E-state index in [1.807, 2.05) is 6.92 Å². The van der Waals surface area contributed by atoms with Gasteiger partial charge in [0.25, 0.3) is 0 Å². The van der Waals surface area contributed by atoms with Crippen molar-refractivity contribution in [2.75, 3.05) is 0 Å². The maximum Gasteiger partial charge on any atom is 0.243 e. The van der Waals surface area contributed by atoms with Crippen LogP contribution in [-0.2, 0) is 14.8 Å². The zero-order valence-corrected chi connectivity index (χ0v) is 15.2. The Morgan fingerprint density at radius 3 is 2.31 bits per heavy atom. The van der Waals surface area contributed by atoms with Crippen LogP contribution < -0.4 is 5.73 Å². The zero-order chi connectivity index (χ0) is 18.9. The predicted octanol–water partition coefficient (Wildman–Crippen LogP) is 2.90. The summed E-state index contributed by atoms with van der Waals surface area (Å²) in [6.45, 7) is 1.88. The van der Waals surface area contributed by atoms with Gasteiger partial charge < -0.3 is 5.73 Å². The molecule has 3 rings (SSSR count). The lowest BCUT2D eigenvalue weighted by Crippen LogP contribution is -2.39. The highest BCUT2D eigenvalue weighted by Gasteiger charge is 2.43. The average molecular weight is 376 g/mol. The number of carbonyl (C=O) groups is 1. The number of sulfonamides is 1. The van der Waals surface area contributed by atoms with E-state index in [9.17, 15) is 17.6 Å². The van der Waals surface area contributed by atoms with Gasteiger partial charge in [-0.3, -0.25) is 4.79 Å². The van der Waals surface area contributed by atoms with Crippen LogP contribution in [0.15, 0.2) is 53.4 Å². The molecular formula is C19H21FN2O3S. The highest BCUT2D eigenvalue weighted by atomic mass is 32.2. The molecule has 26 heavy (non-hydrogen) atoms. The minimum absolute atomic E-state index is 0.0389. The number of primary amides is 1. The molecule has 2 aromatic carbocycles. The molecule has 2 unspecified atom stereocenters. The second-order valence-electron chi connectivity index (χ2n) is 6.62. The van der Waals surface area contributed by atoms with Gasteiger partial charge in [-0.15, -0.1) is 0 Å². The standard InChI is InChI=1S/C19H21FN2O3S/c1-13-2-9-17(10-3-13)26(24,25)22-16(12-19(21)23)8-11-18(22)14-4-6-15(20)7-5-14/h2-7,9-10,16,18H,8,11-12H2,1H3,(H2,21,23). The lowest BCUT2D eigenvalue weighted by atomic mass is 10.1. The Balaban J connectivity index is 2.04. The first-order chi connectivity index (χ1) is 12.3. The van der Waals surface area contributed by atoms with Crippen molar-refractivity contribution in [3.05, 3.63) is 65.5 Å². The monoisotopic (exact) mass is 376 g/mol. The van der Waals surface area contributed by atoms with E-state index in [2.05, 4.69) is 0 Å². The van der Waals surface area contributed by atoms with Gasteiger partial charge in [0.15, 0.2) is 0 Å². The van der Waals surface area contributed by atoms with Crippen LogP contribution in [0, 0.1) is 12.7 Å². The number of amides is 1. The molecule has 7 heteroatoms. The summed E-state index contributed by atoms with van der Waals surface area (Å²) in [7, 11) is -3.83. The van der Waals surface area contributed by atoms with Crippen LogP contribution >= 0.6 is 0 Å². The number of halogens is 1. The van der Waals surface area contributed by atoms with Gasteiger partial charge in [-0.1, -0.05) is 29.8 Å². The molecule has 1 heterocycles. The number of nitrogens with zero attached hydrogens (tertiary/aromatic N) is 1. The fraction of sp³-hybridized carbons (Fsp3) is 0.316. The Labute approximate surface area is 152 Å². The lowest BCUT2D eigenvalue weighted by Gasteiger charge is -2.29. The normalized spacial score (nSPS) is 21.0. The van der Waals surface area contributed by atoms with Gasteiger partial charge in [-0.05, 0) is 49.6 Å². The molecule has 0 radical (unpaired) electrons. The summed E-state index contributed by atoms with van der Waals surface area (Å²) in [5.74, 6) is -0.924.